The van der Waals surface area contributed by atoms with Gasteiger partial charge in [0.1, 0.15) is 5.52 Å². The van der Waals surface area contributed by atoms with Crippen LogP contribution in [0.5, 0.6) is 5.88 Å². The molecule has 0 unspecified atom stereocenters. The number of amides is 2. The molecule has 2 aromatic heterocycles. The number of likely N-dealkylation sites (tertiary alicyclic amines) is 1. The maximum atomic E-state index is 12.6. The van der Waals surface area contributed by atoms with Crippen molar-refractivity contribution in [2.45, 2.75) is 25.4 Å². The molecule has 3 aromatic rings. The lowest BCUT2D eigenvalue weighted by atomic mass is 9.94. The van der Waals surface area contributed by atoms with E-state index in [9.17, 15) is 9.90 Å². The van der Waals surface area contributed by atoms with Gasteiger partial charge in [-0.15, -0.1) is 0 Å². The third-order valence-electron chi connectivity index (χ3n) is 5.01. The van der Waals surface area contributed by atoms with Gasteiger partial charge in [0.25, 0.3) is 0 Å². The highest BCUT2D eigenvalue weighted by Crippen LogP contribution is 2.38. The van der Waals surface area contributed by atoms with Crippen molar-refractivity contribution in [2.24, 2.45) is 0 Å². The Bertz CT molecular complexity index is 993. The number of aliphatic hydroxyl groups is 1. The molecule has 1 fully saturated rings. The zero-order valence-corrected chi connectivity index (χ0v) is 16.6. The Hall–Kier alpha value is -2.71. The van der Waals surface area contributed by atoms with E-state index in [-0.39, 0.29) is 6.03 Å². The number of pyridine rings is 1. The van der Waals surface area contributed by atoms with Gasteiger partial charge in [0.05, 0.1) is 17.4 Å². The van der Waals surface area contributed by atoms with Crippen molar-refractivity contribution < 1.29 is 14.6 Å². The van der Waals surface area contributed by atoms with E-state index in [0.717, 1.165) is 15.8 Å². The number of hydrogen-bond donors (Lipinski definition) is 2. The van der Waals surface area contributed by atoms with E-state index >= 15 is 0 Å². The lowest BCUT2D eigenvalue weighted by molar-refractivity contribution is 0.00570. The van der Waals surface area contributed by atoms with Crippen LogP contribution < -0.4 is 10.1 Å². The maximum absolute atomic E-state index is 12.6. The number of nitrogens with one attached hydrogen (secondary N) is 1. The number of piperidine rings is 1. The Morgan fingerprint density at radius 1 is 1.29 bits per heavy atom. The van der Waals surface area contributed by atoms with Gasteiger partial charge in [0.2, 0.25) is 5.88 Å². The Morgan fingerprint density at radius 3 is 2.68 bits per heavy atom. The van der Waals surface area contributed by atoms with Crippen molar-refractivity contribution in [2.75, 3.05) is 25.5 Å². The molecule has 146 valence electrons. The summed E-state index contributed by atoms with van der Waals surface area (Å²) in [6, 6.07) is 9.73. The number of methoxy groups -OCH3 is 1. The summed E-state index contributed by atoms with van der Waals surface area (Å²) in [7, 11) is 1.56. The molecule has 0 radical (unpaired) electrons. The SMILES string of the molecule is COc1ncc(-c2ccccc2)c2sc(NC(=O)N3CCC(C)(O)CC3)nc12. The van der Waals surface area contributed by atoms with E-state index in [0.29, 0.717) is 42.5 Å². The average Bonchev–Trinajstić information content (AvgIpc) is 3.11. The predicted molar refractivity (Wildman–Crippen MR) is 110 cm³/mol. The second kappa shape index (κ2) is 7.37. The van der Waals surface area contributed by atoms with Crippen LogP contribution >= 0.6 is 11.3 Å². The fraction of sp³-hybridized carbons (Fsp3) is 0.350. The van der Waals surface area contributed by atoms with Gasteiger partial charge in [-0.1, -0.05) is 41.7 Å². The molecule has 0 spiro atoms. The normalized spacial score (nSPS) is 16.2. The van der Waals surface area contributed by atoms with Crippen molar-refractivity contribution in [1.82, 2.24) is 14.9 Å². The van der Waals surface area contributed by atoms with Gasteiger partial charge in [-0.05, 0) is 25.3 Å². The molecule has 0 atom stereocenters. The summed E-state index contributed by atoms with van der Waals surface area (Å²) in [6.07, 6.45) is 2.90. The first kappa shape index (κ1) is 18.6. The van der Waals surface area contributed by atoms with Crippen LogP contribution in [-0.4, -0.2) is 51.8 Å². The van der Waals surface area contributed by atoms with Gasteiger partial charge in [0.15, 0.2) is 5.13 Å². The molecule has 3 heterocycles. The summed E-state index contributed by atoms with van der Waals surface area (Å²) < 4.78 is 6.27. The molecule has 1 aliphatic heterocycles. The second-order valence-electron chi connectivity index (χ2n) is 7.16. The highest BCUT2D eigenvalue weighted by molar-refractivity contribution is 7.23. The Labute approximate surface area is 167 Å². The number of nitrogens with zero attached hydrogens (tertiary/aromatic N) is 3. The fourth-order valence-electron chi connectivity index (χ4n) is 3.28. The topological polar surface area (TPSA) is 87.6 Å². The molecule has 2 N–H and O–H groups in total. The molecule has 0 saturated carbocycles. The van der Waals surface area contributed by atoms with Gasteiger partial charge in [-0.3, -0.25) is 5.32 Å². The second-order valence-corrected chi connectivity index (χ2v) is 8.16. The Balaban J connectivity index is 1.63. The zero-order chi connectivity index (χ0) is 19.7. The van der Waals surface area contributed by atoms with E-state index < -0.39 is 5.60 Å². The van der Waals surface area contributed by atoms with Crippen molar-refractivity contribution in [3.05, 3.63) is 36.5 Å². The number of urea groups is 1. The van der Waals surface area contributed by atoms with Gasteiger partial charge in [-0.2, -0.15) is 0 Å². The molecular formula is C20H22N4O3S. The molecule has 0 bridgehead atoms. The van der Waals surface area contributed by atoms with Crippen LogP contribution in [0.2, 0.25) is 0 Å². The molecule has 0 aliphatic carbocycles. The van der Waals surface area contributed by atoms with Crippen LogP contribution in [0.3, 0.4) is 0 Å². The number of thiazole rings is 1. The lowest BCUT2D eigenvalue weighted by Crippen LogP contribution is -2.46. The molecule has 4 rings (SSSR count). The van der Waals surface area contributed by atoms with E-state index in [2.05, 4.69) is 15.3 Å². The smallest absolute Gasteiger partial charge is 0.323 e. The molecule has 1 aliphatic rings. The van der Waals surface area contributed by atoms with Crippen LogP contribution in [0.4, 0.5) is 9.93 Å². The largest absolute Gasteiger partial charge is 0.479 e. The van der Waals surface area contributed by atoms with Crippen molar-refractivity contribution in [3.8, 4) is 17.0 Å². The molecular weight excluding hydrogens is 376 g/mol. The van der Waals surface area contributed by atoms with Crippen molar-refractivity contribution >= 4 is 32.7 Å². The van der Waals surface area contributed by atoms with Gasteiger partial charge < -0.3 is 14.7 Å². The molecule has 2 amide bonds. The summed E-state index contributed by atoms with van der Waals surface area (Å²) in [5, 5.41) is 13.5. The predicted octanol–water partition coefficient (Wildman–Crippen LogP) is 3.75. The van der Waals surface area contributed by atoms with E-state index in [1.807, 2.05) is 30.3 Å². The lowest BCUT2D eigenvalue weighted by Gasteiger charge is -2.35. The van der Waals surface area contributed by atoms with E-state index in [1.165, 1.54) is 11.3 Å². The molecule has 28 heavy (non-hydrogen) atoms. The first-order chi connectivity index (χ1) is 13.5. The monoisotopic (exact) mass is 398 g/mol. The maximum Gasteiger partial charge on any atom is 0.323 e. The van der Waals surface area contributed by atoms with Crippen molar-refractivity contribution in [1.29, 1.82) is 0 Å². The van der Waals surface area contributed by atoms with E-state index in [1.54, 1.807) is 25.1 Å². The minimum absolute atomic E-state index is 0.206. The van der Waals surface area contributed by atoms with Gasteiger partial charge in [-0.25, -0.2) is 14.8 Å². The molecule has 8 heteroatoms. The van der Waals surface area contributed by atoms with Crippen LogP contribution in [0, 0.1) is 0 Å². The highest BCUT2D eigenvalue weighted by atomic mass is 32.1. The average molecular weight is 398 g/mol. The van der Waals surface area contributed by atoms with E-state index in [4.69, 9.17) is 4.74 Å². The number of benzene rings is 1. The van der Waals surface area contributed by atoms with Crippen LogP contribution in [0.1, 0.15) is 19.8 Å². The summed E-state index contributed by atoms with van der Waals surface area (Å²) in [5.74, 6) is 0.431. The number of carbonyl (C=O) groups excluding carboxylic acids is 1. The van der Waals surface area contributed by atoms with Crippen LogP contribution in [-0.2, 0) is 0 Å². The number of rotatable bonds is 3. The minimum atomic E-state index is -0.698. The fourth-order valence-corrected chi connectivity index (χ4v) is 4.26. The molecule has 1 aromatic carbocycles. The summed E-state index contributed by atoms with van der Waals surface area (Å²) in [5.41, 5.74) is 1.91. The quantitative estimate of drug-likeness (QED) is 0.702. The number of aromatic nitrogens is 2. The van der Waals surface area contributed by atoms with Crippen LogP contribution in [0.15, 0.2) is 36.5 Å². The first-order valence-corrected chi connectivity index (χ1v) is 9.96. The Kier molecular flexibility index (Phi) is 4.91. The third kappa shape index (κ3) is 3.65. The Morgan fingerprint density at radius 2 is 2.00 bits per heavy atom. The number of hydrogen-bond acceptors (Lipinski definition) is 6. The molecule has 7 nitrogen and oxygen atoms in total. The first-order valence-electron chi connectivity index (χ1n) is 9.14. The summed E-state index contributed by atoms with van der Waals surface area (Å²) in [4.78, 5) is 23.3. The van der Waals surface area contributed by atoms with Gasteiger partial charge in [0, 0.05) is 24.8 Å². The minimum Gasteiger partial charge on any atom is -0.479 e. The zero-order valence-electron chi connectivity index (χ0n) is 15.8. The van der Waals surface area contributed by atoms with Crippen molar-refractivity contribution in [3.63, 3.8) is 0 Å². The number of anilines is 1. The standard InChI is InChI=1S/C20H22N4O3S/c1-20(26)8-10-24(11-9-20)19(25)23-18-22-15-16(28-18)14(12-21-17(15)27-2)13-6-4-3-5-7-13/h3-7,12,26H,8-11H2,1-2H3,(H,22,23,25). The summed E-state index contributed by atoms with van der Waals surface area (Å²) in [6.45, 7) is 2.84. The molecule has 1 saturated heterocycles. The number of ether oxygens (including phenoxy) is 1. The highest BCUT2D eigenvalue weighted by Gasteiger charge is 2.30. The van der Waals surface area contributed by atoms with Crippen LogP contribution in [0.25, 0.3) is 21.3 Å². The number of fused-ring (bicyclic) bond motifs is 1. The third-order valence-corrected chi connectivity index (χ3v) is 6.01. The van der Waals surface area contributed by atoms with Gasteiger partial charge >= 0.3 is 6.03 Å². The summed E-state index contributed by atoms with van der Waals surface area (Å²) >= 11 is 1.40. The number of carbonyl (C=O) groups is 1.